The van der Waals surface area contributed by atoms with Gasteiger partial charge in [0.2, 0.25) is 0 Å². The molecule has 154 valence electrons. The molecule has 3 saturated heterocycles. The zero-order chi connectivity index (χ0) is 20.6. The van der Waals surface area contributed by atoms with E-state index in [1.807, 2.05) is 12.3 Å². The summed E-state index contributed by atoms with van der Waals surface area (Å²) in [6.07, 6.45) is 14.6. The second kappa shape index (κ2) is 7.91. The van der Waals surface area contributed by atoms with Gasteiger partial charge in [-0.2, -0.15) is 0 Å². The van der Waals surface area contributed by atoms with E-state index in [0.29, 0.717) is 0 Å². The van der Waals surface area contributed by atoms with Crippen LogP contribution in [0.2, 0.25) is 0 Å². The Balaban J connectivity index is 1.62. The number of benzene rings is 1. The van der Waals surface area contributed by atoms with E-state index in [0.717, 1.165) is 74.4 Å². The standard InChI is InChI=1S/C26H28N2O2/c1-2-25-26(29,21-11-13-28(25)14-12-21)22-18-27-23(24-10-6-7-15-30-24)17-20(22)16-19-8-4-3-5-9-19/h1,3-5,8-10,17-18,21,25,29H,6-7,11-16H2. The molecule has 0 saturated carbocycles. The quantitative estimate of drug-likeness (QED) is 0.795. The molecule has 0 spiro atoms. The lowest BCUT2D eigenvalue weighted by atomic mass is 9.66. The highest BCUT2D eigenvalue weighted by molar-refractivity contribution is 5.59. The van der Waals surface area contributed by atoms with Crippen molar-refractivity contribution in [3.05, 3.63) is 71.1 Å². The molecule has 2 bridgehead atoms. The zero-order valence-corrected chi connectivity index (χ0v) is 17.3. The summed E-state index contributed by atoms with van der Waals surface area (Å²) >= 11 is 0. The van der Waals surface area contributed by atoms with Crippen molar-refractivity contribution in [1.82, 2.24) is 9.88 Å². The van der Waals surface area contributed by atoms with Gasteiger partial charge in [-0.1, -0.05) is 36.3 Å². The smallest absolute Gasteiger partial charge is 0.140 e. The van der Waals surface area contributed by atoms with Crippen LogP contribution in [0.3, 0.4) is 0 Å². The van der Waals surface area contributed by atoms with Gasteiger partial charge in [0.15, 0.2) is 0 Å². The normalized spacial score (nSPS) is 30.3. The Morgan fingerprint density at radius 1 is 1.23 bits per heavy atom. The lowest BCUT2D eigenvalue weighted by Crippen LogP contribution is -2.63. The molecule has 1 N–H and O–H groups in total. The van der Waals surface area contributed by atoms with Crippen LogP contribution < -0.4 is 0 Å². The fourth-order valence-corrected chi connectivity index (χ4v) is 5.39. The topological polar surface area (TPSA) is 45.6 Å². The summed E-state index contributed by atoms with van der Waals surface area (Å²) in [4.78, 5) is 6.99. The number of piperidine rings is 3. The van der Waals surface area contributed by atoms with Crippen molar-refractivity contribution >= 4 is 5.76 Å². The highest BCUT2D eigenvalue weighted by Gasteiger charge is 2.54. The molecule has 0 aliphatic carbocycles. The first-order chi connectivity index (χ1) is 14.7. The van der Waals surface area contributed by atoms with Crippen LogP contribution in [0.4, 0.5) is 0 Å². The van der Waals surface area contributed by atoms with Crippen LogP contribution >= 0.6 is 0 Å². The number of ether oxygens (including phenoxy) is 1. The lowest BCUT2D eigenvalue weighted by molar-refractivity contribution is -0.143. The van der Waals surface area contributed by atoms with Crippen molar-refractivity contribution in [3.8, 4) is 12.3 Å². The molecule has 1 aromatic heterocycles. The largest absolute Gasteiger partial charge is 0.492 e. The van der Waals surface area contributed by atoms with Crippen LogP contribution in [0.25, 0.3) is 5.76 Å². The van der Waals surface area contributed by atoms with Crippen LogP contribution in [-0.2, 0) is 16.8 Å². The van der Waals surface area contributed by atoms with Gasteiger partial charge in [-0.25, -0.2) is 0 Å². The maximum Gasteiger partial charge on any atom is 0.140 e. The molecule has 4 aliphatic rings. The van der Waals surface area contributed by atoms with Gasteiger partial charge in [0.1, 0.15) is 23.1 Å². The summed E-state index contributed by atoms with van der Waals surface area (Å²) in [6.45, 7) is 2.65. The second-order valence-corrected chi connectivity index (χ2v) is 8.65. The van der Waals surface area contributed by atoms with Gasteiger partial charge in [0.25, 0.3) is 0 Å². The Kier molecular flexibility index (Phi) is 5.10. The van der Waals surface area contributed by atoms with E-state index in [1.54, 1.807) is 0 Å². The monoisotopic (exact) mass is 400 g/mol. The van der Waals surface area contributed by atoms with E-state index in [4.69, 9.17) is 16.1 Å². The summed E-state index contributed by atoms with van der Waals surface area (Å²) in [7, 11) is 0. The van der Waals surface area contributed by atoms with Gasteiger partial charge in [-0.15, -0.1) is 6.42 Å². The van der Waals surface area contributed by atoms with E-state index in [1.165, 1.54) is 5.56 Å². The van der Waals surface area contributed by atoms with Crippen LogP contribution in [0, 0.1) is 18.3 Å². The van der Waals surface area contributed by atoms with Gasteiger partial charge >= 0.3 is 0 Å². The van der Waals surface area contributed by atoms with Gasteiger partial charge in [-0.3, -0.25) is 9.88 Å². The minimum atomic E-state index is -1.07. The average molecular weight is 401 g/mol. The molecule has 6 rings (SSSR count). The van der Waals surface area contributed by atoms with E-state index in [-0.39, 0.29) is 12.0 Å². The maximum absolute atomic E-state index is 12.1. The molecule has 3 fully saturated rings. The molecule has 0 amide bonds. The maximum atomic E-state index is 12.1. The van der Waals surface area contributed by atoms with Crippen LogP contribution in [-0.4, -0.2) is 40.7 Å². The summed E-state index contributed by atoms with van der Waals surface area (Å²) in [5.74, 6) is 3.91. The van der Waals surface area contributed by atoms with Gasteiger partial charge in [0, 0.05) is 11.8 Å². The van der Waals surface area contributed by atoms with E-state index in [9.17, 15) is 5.11 Å². The molecule has 4 heteroatoms. The van der Waals surface area contributed by atoms with Crippen molar-refractivity contribution in [3.63, 3.8) is 0 Å². The van der Waals surface area contributed by atoms with Crippen LogP contribution in [0.1, 0.15) is 48.1 Å². The van der Waals surface area contributed by atoms with Crippen LogP contribution in [0.5, 0.6) is 0 Å². The first-order valence-corrected chi connectivity index (χ1v) is 11.0. The number of pyridine rings is 1. The minimum Gasteiger partial charge on any atom is -0.492 e. The molecule has 30 heavy (non-hydrogen) atoms. The molecule has 4 aliphatic heterocycles. The second-order valence-electron chi connectivity index (χ2n) is 8.65. The fraction of sp³-hybridized carbons (Fsp3) is 0.423. The summed E-state index contributed by atoms with van der Waals surface area (Å²) in [5.41, 5.74) is 2.94. The first-order valence-electron chi connectivity index (χ1n) is 11.0. The van der Waals surface area contributed by atoms with E-state index < -0.39 is 5.60 Å². The van der Waals surface area contributed by atoms with Gasteiger partial charge < -0.3 is 9.84 Å². The number of terminal acetylenes is 1. The summed E-state index contributed by atoms with van der Waals surface area (Å²) in [5, 5.41) is 12.1. The van der Waals surface area contributed by atoms with Crippen molar-refractivity contribution in [2.45, 2.75) is 43.7 Å². The fourth-order valence-electron chi connectivity index (χ4n) is 5.39. The Hall–Kier alpha value is -2.61. The molecular formula is C26H28N2O2. The van der Waals surface area contributed by atoms with Crippen molar-refractivity contribution in [2.75, 3.05) is 19.7 Å². The van der Waals surface area contributed by atoms with Crippen molar-refractivity contribution in [1.29, 1.82) is 0 Å². The Morgan fingerprint density at radius 3 is 2.73 bits per heavy atom. The number of aromatic nitrogens is 1. The summed E-state index contributed by atoms with van der Waals surface area (Å²) in [6, 6.07) is 12.2. The third kappa shape index (κ3) is 3.23. The molecule has 0 radical (unpaired) electrons. The number of hydrogen-bond acceptors (Lipinski definition) is 4. The predicted octanol–water partition coefficient (Wildman–Crippen LogP) is 3.74. The number of allylic oxidation sites excluding steroid dienone is 1. The predicted molar refractivity (Wildman–Crippen MR) is 117 cm³/mol. The van der Waals surface area contributed by atoms with Crippen molar-refractivity contribution < 1.29 is 9.84 Å². The molecule has 1 aromatic carbocycles. The highest BCUT2D eigenvalue weighted by atomic mass is 16.5. The number of rotatable bonds is 4. The third-order valence-corrected chi connectivity index (χ3v) is 6.94. The summed E-state index contributed by atoms with van der Waals surface area (Å²) < 4.78 is 5.87. The molecule has 2 unspecified atom stereocenters. The first kappa shape index (κ1) is 19.4. The number of fused-ring (bicyclic) bond motifs is 3. The van der Waals surface area contributed by atoms with Gasteiger partial charge in [-0.05, 0) is 74.4 Å². The van der Waals surface area contributed by atoms with E-state index >= 15 is 0 Å². The Morgan fingerprint density at radius 2 is 2.03 bits per heavy atom. The SMILES string of the molecule is C#CC1N2CCC(CC2)C1(O)c1cnc(C2=CCCCO2)cc1Cc1ccccc1. The number of nitrogens with zero attached hydrogens (tertiary/aromatic N) is 2. The number of aliphatic hydroxyl groups is 1. The molecule has 2 aromatic rings. The Labute approximate surface area is 178 Å². The van der Waals surface area contributed by atoms with Gasteiger partial charge in [0.05, 0.1) is 6.61 Å². The lowest BCUT2D eigenvalue weighted by Gasteiger charge is -2.54. The molecule has 5 heterocycles. The van der Waals surface area contributed by atoms with E-state index in [2.05, 4.69) is 47.2 Å². The molecule has 4 nitrogen and oxygen atoms in total. The zero-order valence-electron chi connectivity index (χ0n) is 17.3. The average Bonchev–Trinajstić information content (AvgIpc) is 2.81. The highest BCUT2D eigenvalue weighted by Crippen LogP contribution is 2.48. The van der Waals surface area contributed by atoms with Crippen LogP contribution in [0.15, 0.2) is 48.7 Å². The molecular weight excluding hydrogens is 372 g/mol. The number of hydrogen-bond donors (Lipinski definition) is 1. The Bertz CT molecular complexity index is 986. The third-order valence-electron chi connectivity index (χ3n) is 6.94. The van der Waals surface area contributed by atoms with Crippen molar-refractivity contribution in [2.24, 2.45) is 5.92 Å². The minimum absolute atomic E-state index is 0.163. The molecule has 2 atom stereocenters.